The Kier molecular flexibility index (Phi) is 5.42. The lowest BCUT2D eigenvalue weighted by molar-refractivity contribution is 0.300. The highest BCUT2D eigenvalue weighted by molar-refractivity contribution is 7.09. The number of nitrogens with one attached hydrogen (secondary N) is 1. The van der Waals surface area contributed by atoms with Crippen LogP contribution in [-0.2, 0) is 6.42 Å². The lowest BCUT2D eigenvalue weighted by Crippen LogP contribution is -2.38. The van der Waals surface area contributed by atoms with Gasteiger partial charge in [0.05, 0.1) is 5.01 Å². The molecule has 3 heteroatoms. The zero-order valence-corrected chi connectivity index (χ0v) is 11.9. The smallest absolute Gasteiger partial charge is 0.0943 e. The maximum absolute atomic E-state index is 4.55. The van der Waals surface area contributed by atoms with Crippen molar-refractivity contribution in [3.8, 4) is 0 Å². The zero-order chi connectivity index (χ0) is 12.1. The molecule has 16 heavy (non-hydrogen) atoms. The monoisotopic (exact) mass is 240 g/mol. The van der Waals surface area contributed by atoms with E-state index in [0.717, 1.165) is 18.7 Å². The van der Waals surface area contributed by atoms with Crippen molar-refractivity contribution in [1.29, 1.82) is 0 Å². The summed E-state index contributed by atoms with van der Waals surface area (Å²) in [6.45, 7) is 12.2. The van der Waals surface area contributed by atoms with Gasteiger partial charge >= 0.3 is 0 Å². The third kappa shape index (κ3) is 3.87. The first-order valence-electron chi connectivity index (χ1n) is 6.19. The highest BCUT2D eigenvalue weighted by Crippen LogP contribution is 2.20. The molecule has 0 amide bonds. The van der Waals surface area contributed by atoms with E-state index in [4.69, 9.17) is 0 Å². The fourth-order valence-electron chi connectivity index (χ4n) is 1.86. The molecule has 1 N–H and O–H groups in total. The van der Waals surface area contributed by atoms with Crippen molar-refractivity contribution in [3.05, 3.63) is 16.1 Å². The molecule has 0 bridgehead atoms. The minimum Gasteiger partial charge on any atom is -0.314 e. The lowest BCUT2D eigenvalue weighted by Gasteiger charge is -2.27. The number of aryl methyl sites for hydroxylation is 1. The van der Waals surface area contributed by atoms with Crippen molar-refractivity contribution in [2.24, 2.45) is 11.8 Å². The largest absolute Gasteiger partial charge is 0.314 e. The number of nitrogens with zero attached hydrogens (tertiary/aromatic N) is 1. The minimum atomic E-state index is 0.551. The Morgan fingerprint density at radius 3 is 2.50 bits per heavy atom. The number of rotatable bonds is 6. The summed E-state index contributed by atoms with van der Waals surface area (Å²) in [5, 5.41) is 6.99. The van der Waals surface area contributed by atoms with Gasteiger partial charge in [-0.1, -0.05) is 27.7 Å². The second kappa shape index (κ2) is 6.36. The average Bonchev–Trinajstić information content (AvgIpc) is 2.62. The van der Waals surface area contributed by atoms with E-state index in [-0.39, 0.29) is 0 Å². The summed E-state index contributed by atoms with van der Waals surface area (Å²) in [4.78, 5) is 4.55. The molecule has 1 aromatic heterocycles. The molecule has 92 valence electrons. The third-order valence-corrected chi connectivity index (χ3v) is 4.20. The van der Waals surface area contributed by atoms with Crippen LogP contribution in [0.15, 0.2) is 5.38 Å². The fraction of sp³-hybridized carbons (Fsp3) is 0.769. The van der Waals surface area contributed by atoms with Gasteiger partial charge in [-0.3, -0.25) is 0 Å². The molecule has 0 aliphatic carbocycles. The second-order valence-electron chi connectivity index (χ2n) is 4.85. The van der Waals surface area contributed by atoms with E-state index in [9.17, 15) is 0 Å². The van der Waals surface area contributed by atoms with E-state index in [1.807, 2.05) is 0 Å². The summed E-state index contributed by atoms with van der Waals surface area (Å²) >= 11 is 1.78. The van der Waals surface area contributed by atoms with Gasteiger partial charge in [0.25, 0.3) is 0 Å². The van der Waals surface area contributed by atoms with Crippen LogP contribution in [0.1, 0.15) is 38.4 Å². The predicted molar refractivity (Wildman–Crippen MR) is 72.0 cm³/mol. The number of aromatic nitrogens is 1. The Labute approximate surface area is 103 Å². The van der Waals surface area contributed by atoms with E-state index in [0.29, 0.717) is 17.9 Å². The van der Waals surface area contributed by atoms with Gasteiger partial charge in [0.2, 0.25) is 0 Å². The maximum Gasteiger partial charge on any atom is 0.0943 e. The number of hydrogen-bond acceptors (Lipinski definition) is 3. The molecule has 0 spiro atoms. The summed E-state index contributed by atoms with van der Waals surface area (Å²) in [5.41, 5.74) is 1.15. The van der Waals surface area contributed by atoms with Crippen molar-refractivity contribution >= 4 is 11.3 Å². The average molecular weight is 240 g/mol. The van der Waals surface area contributed by atoms with Crippen LogP contribution in [0.2, 0.25) is 0 Å². The standard InChI is InChI=1S/C13H24N2S/c1-6-14-12(11(5)9(2)3)7-13-15-10(4)8-16-13/h8-9,11-12,14H,6-7H2,1-5H3. The Bertz CT molecular complexity index is 307. The highest BCUT2D eigenvalue weighted by atomic mass is 32.1. The molecule has 0 aliphatic rings. The summed E-state index contributed by atoms with van der Waals surface area (Å²) < 4.78 is 0. The molecule has 0 saturated carbocycles. The van der Waals surface area contributed by atoms with Gasteiger partial charge in [-0.15, -0.1) is 11.3 Å². The molecule has 2 nitrogen and oxygen atoms in total. The van der Waals surface area contributed by atoms with Crippen molar-refractivity contribution in [2.45, 2.75) is 47.1 Å². The van der Waals surface area contributed by atoms with Crippen LogP contribution in [0.25, 0.3) is 0 Å². The molecule has 0 radical (unpaired) electrons. The van der Waals surface area contributed by atoms with Gasteiger partial charge in [0.1, 0.15) is 0 Å². The van der Waals surface area contributed by atoms with Crippen LogP contribution in [0.4, 0.5) is 0 Å². The van der Waals surface area contributed by atoms with Crippen LogP contribution < -0.4 is 5.32 Å². The minimum absolute atomic E-state index is 0.551. The van der Waals surface area contributed by atoms with E-state index < -0.39 is 0 Å². The van der Waals surface area contributed by atoms with Gasteiger partial charge in [0, 0.05) is 23.5 Å². The van der Waals surface area contributed by atoms with E-state index in [1.54, 1.807) is 11.3 Å². The first-order chi connectivity index (χ1) is 7.54. The molecular formula is C13H24N2S. The van der Waals surface area contributed by atoms with Gasteiger partial charge in [0.15, 0.2) is 0 Å². The summed E-state index contributed by atoms with van der Waals surface area (Å²) in [7, 11) is 0. The maximum atomic E-state index is 4.55. The van der Waals surface area contributed by atoms with Crippen molar-refractivity contribution in [1.82, 2.24) is 10.3 Å². The SMILES string of the molecule is CCNC(Cc1nc(C)cs1)C(C)C(C)C. The molecule has 1 aromatic rings. The molecule has 2 unspecified atom stereocenters. The molecule has 1 rings (SSSR count). The van der Waals surface area contributed by atoms with Gasteiger partial charge < -0.3 is 5.32 Å². The van der Waals surface area contributed by atoms with Crippen molar-refractivity contribution in [2.75, 3.05) is 6.54 Å². The normalized spacial score (nSPS) is 15.4. The van der Waals surface area contributed by atoms with Gasteiger partial charge in [-0.25, -0.2) is 4.98 Å². The molecule has 0 aromatic carbocycles. The van der Waals surface area contributed by atoms with Gasteiger partial charge in [-0.2, -0.15) is 0 Å². The summed E-state index contributed by atoms with van der Waals surface area (Å²) in [6, 6.07) is 0.551. The molecule has 1 heterocycles. The first-order valence-corrected chi connectivity index (χ1v) is 7.07. The lowest BCUT2D eigenvalue weighted by atomic mass is 9.88. The Balaban J connectivity index is 2.63. The van der Waals surface area contributed by atoms with Crippen LogP contribution >= 0.6 is 11.3 Å². The van der Waals surface area contributed by atoms with E-state index >= 15 is 0 Å². The molecule has 0 saturated heterocycles. The Hall–Kier alpha value is -0.410. The molecule has 2 atom stereocenters. The Morgan fingerprint density at radius 2 is 2.06 bits per heavy atom. The number of likely N-dealkylation sites (N-methyl/N-ethyl adjacent to an activating group) is 1. The molecular weight excluding hydrogens is 216 g/mol. The fourth-order valence-corrected chi connectivity index (χ4v) is 2.69. The topological polar surface area (TPSA) is 24.9 Å². The number of hydrogen-bond donors (Lipinski definition) is 1. The van der Waals surface area contributed by atoms with Crippen LogP contribution in [0, 0.1) is 18.8 Å². The van der Waals surface area contributed by atoms with Gasteiger partial charge in [-0.05, 0) is 25.3 Å². The van der Waals surface area contributed by atoms with Crippen LogP contribution in [-0.4, -0.2) is 17.6 Å². The zero-order valence-electron chi connectivity index (χ0n) is 11.1. The third-order valence-electron chi connectivity index (χ3n) is 3.21. The van der Waals surface area contributed by atoms with E-state index in [2.05, 4.69) is 50.3 Å². The van der Waals surface area contributed by atoms with Crippen molar-refractivity contribution < 1.29 is 0 Å². The van der Waals surface area contributed by atoms with E-state index in [1.165, 1.54) is 5.01 Å². The van der Waals surface area contributed by atoms with Crippen LogP contribution in [0.5, 0.6) is 0 Å². The number of thiazole rings is 1. The highest BCUT2D eigenvalue weighted by Gasteiger charge is 2.20. The van der Waals surface area contributed by atoms with Crippen molar-refractivity contribution in [3.63, 3.8) is 0 Å². The summed E-state index contributed by atoms with van der Waals surface area (Å²) in [6.07, 6.45) is 1.06. The Morgan fingerprint density at radius 1 is 1.38 bits per heavy atom. The predicted octanol–water partition coefficient (Wildman–Crippen LogP) is 3.26. The first kappa shape index (κ1) is 13.7. The molecule has 0 aliphatic heterocycles. The van der Waals surface area contributed by atoms with Crippen LogP contribution in [0.3, 0.4) is 0 Å². The quantitative estimate of drug-likeness (QED) is 0.825. The summed E-state index contributed by atoms with van der Waals surface area (Å²) in [5.74, 6) is 1.40. The second-order valence-corrected chi connectivity index (χ2v) is 5.80. The molecule has 0 fully saturated rings.